The average Bonchev–Trinajstić information content (AvgIpc) is 2.70. The molecule has 0 radical (unpaired) electrons. The normalized spacial score (nSPS) is 10.4. The van der Waals surface area contributed by atoms with Crippen molar-refractivity contribution in [1.82, 2.24) is 5.32 Å². The number of carbonyl (C=O) groups is 1. The number of hydrogen-bond acceptors (Lipinski definition) is 3. The standard InChI is InChI=1S/C24H25NO3/c1-18-14-19(2)16-23(15-18)27-13-12-25-24(26)17-28-22-10-8-21(9-11-22)20-6-4-3-5-7-20/h3-11,14-16H,12-13,17H2,1-2H3,(H,25,26). The summed E-state index contributed by atoms with van der Waals surface area (Å²) in [5.74, 6) is 1.32. The fourth-order valence-electron chi connectivity index (χ4n) is 2.95. The van der Waals surface area contributed by atoms with Crippen molar-refractivity contribution in [3.63, 3.8) is 0 Å². The van der Waals surface area contributed by atoms with Crippen LogP contribution in [0, 0.1) is 13.8 Å². The van der Waals surface area contributed by atoms with E-state index in [2.05, 4.69) is 23.5 Å². The number of hydrogen-bond donors (Lipinski definition) is 1. The monoisotopic (exact) mass is 375 g/mol. The van der Waals surface area contributed by atoms with Crippen LogP contribution < -0.4 is 14.8 Å². The Morgan fingerprint density at radius 2 is 1.43 bits per heavy atom. The van der Waals surface area contributed by atoms with Gasteiger partial charge in [0, 0.05) is 0 Å². The maximum absolute atomic E-state index is 11.9. The molecule has 0 unspecified atom stereocenters. The number of ether oxygens (including phenoxy) is 2. The average molecular weight is 375 g/mol. The Morgan fingerprint density at radius 1 is 0.786 bits per heavy atom. The van der Waals surface area contributed by atoms with Gasteiger partial charge in [-0.25, -0.2) is 0 Å². The lowest BCUT2D eigenvalue weighted by molar-refractivity contribution is -0.123. The number of rotatable bonds is 8. The van der Waals surface area contributed by atoms with E-state index in [9.17, 15) is 4.79 Å². The summed E-state index contributed by atoms with van der Waals surface area (Å²) in [4.78, 5) is 11.9. The SMILES string of the molecule is Cc1cc(C)cc(OCCNC(=O)COc2ccc(-c3ccccc3)cc2)c1. The highest BCUT2D eigenvalue weighted by Gasteiger charge is 2.04. The fraction of sp³-hybridized carbons (Fsp3) is 0.208. The Balaban J connectivity index is 1.38. The first-order chi connectivity index (χ1) is 13.6. The van der Waals surface area contributed by atoms with Crippen molar-refractivity contribution >= 4 is 5.91 Å². The third-order valence-electron chi connectivity index (χ3n) is 4.22. The molecule has 0 spiro atoms. The molecule has 4 nitrogen and oxygen atoms in total. The molecule has 0 aliphatic heterocycles. The molecular formula is C24H25NO3. The topological polar surface area (TPSA) is 47.6 Å². The zero-order chi connectivity index (χ0) is 19.8. The summed E-state index contributed by atoms with van der Waals surface area (Å²) in [5.41, 5.74) is 4.58. The molecule has 28 heavy (non-hydrogen) atoms. The van der Waals surface area contributed by atoms with E-state index in [4.69, 9.17) is 9.47 Å². The molecule has 0 bridgehead atoms. The van der Waals surface area contributed by atoms with Crippen LogP contribution in [0.15, 0.2) is 72.8 Å². The van der Waals surface area contributed by atoms with Crippen LogP contribution in [0.1, 0.15) is 11.1 Å². The van der Waals surface area contributed by atoms with Gasteiger partial charge in [0.2, 0.25) is 0 Å². The molecule has 0 aliphatic rings. The molecule has 4 heteroatoms. The van der Waals surface area contributed by atoms with E-state index in [0.29, 0.717) is 18.9 Å². The maximum Gasteiger partial charge on any atom is 0.258 e. The van der Waals surface area contributed by atoms with Crippen molar-refractivity contribution in [3.05, 3.63) is 83.9 Å². The first kappa shape index (κ1) is 19.5. The van der Waals surface area contributed by atoms with Gasteiger partial charge in [0.15, 0.2) is 6.61 Å². The van der Waals surface area contributed by atoms with Gasteiger partial charge < -0.3 is 14.8 Å². The van der Waals surface area contributed by atoms with Gasteiger partial charge >= 0.3 is 0 Å². The lowest BCUT2D eigenvalue weighted by Gasteiger charge is -2.10. The molecule has 144 valence electrons. The lowest BCUT2D eigenvalue weighted by atomic mass is 10.1. The molecule has 0 aliphatic carbocycles. The van der Waals surface area contributed by atoms with Crippen LogP contribution in [0.3, 0.4) is 0 Å². The molecule has 3 rings (SSSR count). The molecule has 0 heterocycles. The molecule has 3 aromatic rings. The summed E-state index contributed by atoms with van der Waals surface area (Å²) in [6.07, 6.45) is 0. The minimum absolute atomic E-state index is 0.0196. The number of nitrogens with one attached hydrogen (secondary N) is 1. The van der Waals surface area contributed by atoms with Crippen LogP contribution in [-0.4, -0.2) is 25.7 Å². The Kier molecular flexibility index (Phi) is 6.68. The van der Waals surface area contributed by atoms with E-state index in [1.165, 1.54) is 0 Å². The zero-order valence-electron chi connectivity index (χ0n) is 16.3. The Labute approximate surface area is 166 Å². The molecular weight excluding hydrogens is 350 g/mol. The second-order valence-corrected chi connectivity index (χ2v) is 6.70. The predicted molar refractivity (Wildman–Crippen MR) is 112 cm³/mol. The Hall–Kier alpha value is -3.27. The molecule has 0 fully saturated rings. The molecule has 3 aromatic carbocycles. The van der Waals surface area contributed by atoms with Crippen molar-refractivity contribution < 1.29 is 14.3 Å². The van der Waals surface area contributed by atoms with E-state index >= 15 is 0 Å². The second-order valence-electron chi connectivity index (χ2n) is 6.70. The maximum atomic E-state index is 11.9. The quantitative estimate of drug-likeness (QED) is 0.588. The highest BCUT2D eigenvalue weighted by atomic mass is 16.5. The summed E-state index contributed by atoms with van der Waals surface area (Å²) in [6, 6.07) is 23.9. The van der Waals surface area contributed by atoms with Gasteiger partial charge in [0.1, 0.15) is 18.1 Å². The van der Waals surface area contributed by atoms with Gasteiger partial charge in [-0.05, 0) is 60.4 Å². The Morgan fingerprint density at radius 3 is 2.11 bits per heavy atom. The first-order valence-corrected chi connectivity index (χ1v) is 9.36. The van der Waals surface area contributed by atoms with Gasteiger partial charge in [-0.15, -0.1) is 0 Å². The first-order valence-electron chi connectivity index (χ1n) is 9.36. The predicted octanol–water partition coefficient (Wildman–Crippen LogP) is 4.54. The Bertz CT molecular complexity index is 885. The van der Waals surface area contributed by atoms with Crippen molar-refractivity contribution in [2.75, 3.05) is 19.8 Å². The zero-order valence-corrected chi connectivity index (χ0v) is 16.3. The van der Waals surface area contributed by atoms with Crippen LogP contribution in [0.4, 0.5) is 0 Å². The largest absolute Gasteiger partial charge is 0.492 e. The van der Waals surface area contributed by atoms with Crippen LogP contribution in [-0.2, 0) is 4.79 Å². The third-order valence-corrected chi connectivity index (χ3v) is 4.22. The van der Waals surface area contributed by atoms with Gasteiger partial charge in [-0.2, -0.15) is 0 Å². The number of aryl methyl sites for hydroxylation is 2. The van der Waals surface area contributed by atoms with Crippen molar-refractivity contribution in [3.8, 4) is 22.6 Å². The molecule has 0 saturated carbocycles. The van der Waals surface area contributed by atoms with Crippen molar-refractivity contribution in [2.45, 2.75) is 13.8 Å². The van der Waals surface area contributed by atoms with E-state index in [0.717, 1.165) is 28.0 Å². The summed E-state index contributed by atoms with van der Waals surface area (Å²) in [7, 11) is 0. The summed E-state index contributed by atoms with van der Waals surface area (Å²) in [5, 5.41) is 2.80. The highest BCUT2D eigenvalue weighted by molar-refractivity contribution is 5.77. The number of benzene rings is 3. The van der Waals surface area contributed by atoms with E-state index in [1.54, 1.807) is 0 Å². The molecule has 1 amide bonds. The lowest BCUT2D eigenvalue weighted by Crippen LogP contribution is -2.32. The minimum Gasteiger partial charge on any atom is -0.492 e. The summed E-state index contributed by atoms with van der Waals surface area (Å²) < 4.78 is 11.2. The highest BCUT2D eigenvalue weighted by Crippen LogP contribution is 2.22. The molecule has 0 aromatic heterocycles. The van der Waals surface area contributed by atoms with Gasteiger partial charge in [-0.1, -0.05) is 48.5 Å². The molecule has 0 atom stereocenters. The van der Waals surface area contributed by atoms with Gasteiger partial charge in [-0.3, -0.25) is 4.79 Å². The van der Waals surface area contributed by atoms with Crippen LogP contribution in [0.5, 0.6) is 11.5 Å². The van der Waals surface area contributed by atoms with E-state index in [-0.39, 0.29) is 12.5 Å². The smallest absolute Gasteiger partial charge is 0.258 e. The van der Waals surface area contributed by atoms with Crippen molar-refractivity contribution in [2.24, 2.45) is 0 Å². The fourth-order valence-corrected chi connectivity index (χ4v) is 2.95. The third kappa shape index (κ3) is 5.88. The van der Waals surface area contributed by atoms with Crippen LogP contribution in [0.2, 0.25) is 0 Å². The van der Waals surface area contributed by atoms with E-state index < -0.39 is 0 Å². The van der Waals surface area contributed by atoms with Crippen LogP contribution >= 0.6 is 0 Å². The van der Waals surface area contributed by atoms with Crippen LogP contribution in [0.25, 0.3) is 11.1 Å². The minimum atomic E-state index is -0.170. The van der Waals surface area contributed by atoms with Gasteiger partial charge in [0.05, 0.1) is 6.54 Å². The molecule has 1 N–H and O–H groups in total. The summed E-state index contributed by atoms with van der Waals surface area (Å²) in [6.45, 7) is 4.90. The van der Waals surface area contributed by atoms with E-state index in [1.807, 2.05) is 68.4 Å². The number of carbonyl (C=O) groups excluding carboxylic acids is 1. The summed E-state index contributed by atoms with van der Waals surface area (Å²) >= 11 is 0. The van der Waals surface area contributed by atoms with Crippen molar-refractivity contribution in [1.29, 1.82) is 0 Å². The molecule has 0 saturated heterocycles. The number of amides is 1. The van der Waals surface area contributed by atoms with Gasteiger partial charge in [0.25, 0.3) is 5.91 Å². The second kappa shape index (κ2) is 9.60.